The average Bonchev–Trinajstić information content (AvgIpc) is 2.06. The molecule has 0 saturated heterocycles. The Kier molecular flexibility index (Phi) is 6.03. The van der Waals surface area contributed by atoms with Gasteiger partial charge >= 0.3 is 0 Å². The van der Waals surface area contributed by atoms with Crippen molar-refractivity contribution in [2.75, 3.05) is 13.2 Å². The third-order valence-electron chi connectivity index (χ3n) is 1.69. The summed E-state index contributed by atoms with van der Waals surface area (Å²) in [6.45, 7) is 11.1. The Bertz CT molecular complexity index is 104. The molecule has 0 atom stereocenters. The summed E-state index contributed by atoms with van der Waals surface area (Å²) in [4.78, 5) is 0. The highest BCUT2D eigenvalue weighted by molar-refractivity contribution is 4.89. The zero-order valence-electron chi connectivity index (χ0n) is 8.43. The summed E-state index contributed by atoms with van der Waals surface area (Å²) >= 11 is 0. The van der Waals surface area contributed by atoms with Gasteiger partial charge in [0.1, 0.15) is 0 Å². The normalized spacial score (nSPS) is 11.6. The van der Waals surface area contributed by atoms with Gasteiger partial charge in [-0.1, -0.05) is 19.9 Å². The van der Waals surface area contributed by atoms with Crippen LogP contribution in [0.1, 0.15) is 33.6 Å². The maximum Gasteiger partial charge on any atom is 0.187 e. The predicted molar refractivity (Wildman–Crippen MR) is 51.1 cm³/mol. The summed E-state index contributed by atoms with van der Waals surface area (Å²) in [7, 11) is 0. The second-order valence-electron chi connectivity index (χ2n) is 2.63. The maximum absolute atomic E-state index is 5.52. The Hall–Kier alpha value is -0.340. The molecule has 72 valence electrons. The van der Waals surface area contributed by atoms with Crippen molar-refractivity contribution in [3.05, 3.63) is 12.7 Å². The molecule has 0 fully saturated rings. The Morgan fingerprint density at radius 1 is 1.17 bits per heavy atom. The fraction of sp³-hybridized carbons (Fsp3) is 0.800. The number of ether oxygens (including phenoxy) is 2. The molecule has 0 bridgehead atoms. The molecule has 0 spiro atoms. The fourth-order valence-corrected chi connectivity index (χ4v) is 1.24. The van der Waals surface area contributed by atoms with Crippen LogP contribution in [-0.2, 0) is 9.47 Å². The van der Waals surface area contributed by atoms with Crippen molar-refractivity contribution in [3.63, 3.8) is 0 Å². The molecule has 0 unspecified atom stereocenters. The topological polar surface area (TPSA) is 18.5 Å². The lowest BCUT2D eigenvalue weighted by Crippen LogP contribution is -2.33. The maximum atomic E-state index is 5.52. The first-order valence-electron chi connectivity index (χ1n) is 4.66. The van der Waals surface area contributed by atoms with Gasteiger partial charge in [0, 0.05) is 19.6 Å². The fourth-order valence-electron chi connectivity index (χ4n) is 1.24. The summed E-state index contributed by atoms with van der Waals surface area (Å²) in [5.74, 6) is -0.543. The van der Waals surface area contributed by atoms with Gasteiger partial charge in [0.05, 0.1) is 0 Å². The average molecular weight is 172 g/mol. The van der Waals surface area contributed by atoms with Crippen LogP contribution in [0, 0.1) is 0 Å². The first-order chi connectivity index (χ1) is 5.74. The third kappa shape index (κ3) is 3.37. The molecule has 0 saturated carbocycles. The quantitative estimate of drug-likeness (QED) is 0.434. The Balaban J connectivity index is 4.16. The van der Waals surface area contributed by atoms with Crippen LogP contribution in [0.15, 0.2) is 12.7 Å². The molecule has 0 N–H and O–H groups in total. The second kappa shape index (κ2) is 6.21. The predicted octanol–water partition coefficient (Wildman–Crippen LogP) is 2.74. The van der Waals surface area contributed by atoms with Crippen molar-refractivity contribution in [2.45, 2.75) is 39.4 Å². The molecular weight excluding hydrogens is 152 g/mol. The molecule has 0 aliphatic carbocycles. The number of rotatable bonds is 7. The van der Waals surface area contributed by atoms with Crippen LogP contribution < -0.4 is 0 Å². The van der Waals surface area contributed by atoms with Gasteiger partial charge in [-0.2, -0.15) is 0 Å². The zero-order valence-corrected chi connectivity index (χ0v) is 8.43. The summed E-state index contributed by atoms with van der Waals surface area (Å²) in [6, 6.07) is 0. The molecule has 0 aliphatic heterocycles. The lowest BCUT2D eigenvalue weighted by atomic mass is 10.1. The lowest BCUT2D eigenvalue weighted by Gasteiger charge is -2.29. The minimum atomic E-state index is -0.543. The van der Waals surface area contributed by atoms with Gasteiger partial charge < -0.3 is 9.47 Å². The van der Waals surface area contributed by atoms with E-state index in [4.69, 9.17) is 9.47 Å². The molecule has 0 heterocycles. The van der Waals surface area contributed by atoms with Crippen LogP contribution in [-0.4, -0.2) is 19.0 Å². The molecule has 0 aromatic rings. The minimum absolute atomic E-state index is 0.543. The van der Waals surface area contributed by atoms with E-state index in [9.17, 15) is 0 Å². The lowest BCUT2D eigenvalue weighted by molar-refractivity contribution is -0.202. The van der Waals surface area contributed by atoms with Crippen molar-refractivity contribution in [1.29, 1.82) is 0 Å². The molecule has 0 aromatic carbocycles. The van der Waals surface area contributed by atoms with E-state index in [1.165, 1.54) is 0 Å². The number of hydrogen-bond acceptors (Lipinski definition) is 2. The summed E-state index contributed by atoms with van der Waals surface area (Å²) in [6.07, 6.45) is 3.66. The smallest absolute Gasteiger partial charge is 0.187 e. The van der Waals surface area contributed by atoms with Gasteiger partial charge in [0.15, 0.2) is 5.79 Å². The Labute approximate surface area is 75.6 Å². The van der Waals surface area contributed by atoms with Gasteiger partial charge in [-0.25, -0.2) is 0 Å². The van der Waals surface area contributed by atoms with Crippen LogP contribution in [0.4, 0.5) is 0 Å². The highest BCUT2D eigenvalue weighted by Gasteiger charge is 2.25. The second-order valence-corrected chi connectivity index (χ2v) is 2.63. The van der Waals surface area contributed by atoms with E-state index in [0.29, 0.717) is 13.2 Å². The zero-order chi connectivity index (χ0) is 9.45. The van der Waals surface area contributed by atoms with Gasteiger partial charge in [-0.15, -0.1) is 0 Å². The molecule has 0 aromatic heterocycles. The Morgan fingerprint density at radius 2 is 1.67 bits per heavy atom. The minimum Gasteiger partial charge on any atom is -0.347 e. The van der Waals surface area contributed by atoms with E-state index in [0.717, 1.165) is 12.8 Å². The van der Waals surface area contributed by atoms with Crippen molar-refractivity contribution in [3.8, 4) is 0 Å². The summed E-state index contributed by atoms with van der Waals surface area (Å²) < 4.78 is 11.0. The summed E-state index contributed by atoms with van der Waals surface area (Å²) in [5, 5.41) is 0. The Morgan fingerprint density at radius 3 is 1.92 bits per heavy atom. The summed E-state index contributed by atoms with van der Waals surface area (Å²) in [5.41, 5.74) is 0. The van der Waals surface area contributed by atoms with Crippen LogP contribution in [0.5, 0.6) is 0 Å². The van der Waals surface area contributed by atoms with Crippen molar-refractivity contribution >= 4 is 0 Å². The highest BCUT2D eigenvalue weighted by Crippen LogP contribution is 2.21. The molecule has 2 heteroatoms. The van der Waals surface area contributed by atoms with E-state index in [2.05, 4.69) is 13.5 Å². The van der Waals surface area contributed by atoms with Crippen LogP contribution >= 0.6 is 0 Å². The van der Waals surface area contributed by atoms with Crippen molar-refractivity contribution in [1.82, 2.24) is 0 Å². The third-order valence-corrected chi connectivity index (χ3v) is 1.69. The van der Waals surface area contributed by atoms with E-state index in [1.54, 1.807) is 6.08 Å². The standard InChI is InChI=1S/C10H20O2/c1-5-9-10(6-2,11-7-3)12-8-4/h6H,2,5,7-9H2,1,3-4H3. The van der Waals surface area contributed by atoms with E-state index >= 15 is 0 Å². The van der Waals surface area contributed by atoms with E-state index in [1.807, 2.05) is 13.8 Å². The van der Waals surface area contributed by atoms with Crippen LogP contribution in [0.2, 0.25) is 0 Å². The van der Waals surface area contributed by atoms with E-state index in [-0.39, 0.29) is 0 Å². The molecule has 0 aliphatic rings. The first-order valence-corrected chi connectivity index (χ1v) is 4.66. The van der Waals surface area contributed by atoms with Gasteiger partial charge in [0.2, 0.25) is 0 Å². The van der Waals surface area contributed by atoms with Gasteiger partial charge in [-0.3, -0.25) is 0 Å². The SMILES string of the molecule is C=CC(CCC)(OCC)OCC. The van der Waals surface area contributed by atoms with Crippen LogP contribution in [0.3, 0.4) is 0 Å². The first kappa shape index (κ1) is 11.7. The molecule has 0 amide bonds. The molecule has 12 heavy (non-hydrogen) atoms. The van der Waals surface area contributed by atoms with Gasteiger partial charge in [0.25, 0.3) is 0 Å². The van der Waals surface area contributed by atoms with Gasteiger partial charge in [-0.05, 0) is 19.9 Å². The number of hydrogen-bond donors (Lipinski definition) is 0. The molecule has 0 rings (SSSR count). The van der Waals surface area contributed by atoms with Crippen molar-refractivity contribution in [2.24, 2.45) is 0 Å². The highest BCUT2D eigenvalue weighted by atomic mass is 16.7. The molecular formula is C10H20O2. The largest absolute Gasteiger partial charge is 0.347 e. The van der Waals surface area contributed by atoms with Crippen LogP contribution in [0.25, 0.3) is 0 Å². The molecule has 2 nitrogen and oxygen atoms in total. The van der Waals surface area contributed by atoms with E-state index < -0.39 is 5.79 Å². The molecule has 0 radical (unpaired) electrons. The monoisotopic (exact) mass is 172 g/mol. The van der Waals surface area contributed by atoms with Crippen molar-refractivity contribution < 1.29 is 9.47 Å².